The number of hydrogen-bond donors (Lipinski definition) is 1. The minimum Gasteiger partial charge on any atom is -0.316 e. The Morgan fingerprint density at radius 1 is 1.03 bits per heavy atom. The standard InChI is InChI=1S/C27H33N3O.2ClH/c31-26(23-12-16-28-21-23)30(24-8-2-1-3-9-24)18-6-17-29-19-14-27(15-20-29)13-11-22-7-4-5-10-25(22)27;;/h1-5,7-11,13,23,28H,6,12,14-21H2;2*1H. The van der Waals surface area contributed by atoms with Gasteiger partial charge in [0.15, 0.2) is 0 Å². The minimum absolute atomic E-state index is 0. The Kier molecular flexibility index (Phi) is 9.00. The summed E-state index contributed by atoms with van der Waals surface area (Å²) >= 11 is 0. The third kappa shape index (κ3) is 5.46. The Morgan fingerprint density at radius 2 is 1.76 bits per heavy atom. The van der Waals surface area contributed by atoms with Crippen LogP contribution in [0, 0.1) is 5.92 Å². The zero-order valence-corrected chi connectivity index (χ0v) is 20.8. The number of benzene rings is 2. The molecule has 2 fully saturated rings. The Morgan fingerprint density at radius 3 is 2.48 bits per heavy atom. The average molecular weight is 489 g/mol. The van der Waals surface area contributed by atoms with Crippen molar-refractivity contribution in [3.05, 3.63) is 71.8 Å². The first-order chi connectivity index (χ1) is 15.3. The van der Waals surface area contributed by atoms with Crippen molar-refractivity contribution in [2.75, 3.05) is 44.2 Å². The molecule has 5 rings (SSSR count). The second kappa shape index (κ2) is 11.5. The maximum Gasteiger partial charge on any atom is 0.231 e. The van der Waals surface area contributed by atoms with Gasteiger partial charge < -0.3 is 15.1 Å². The lowest BCUT2D eigenvalue weighted by Crippen LogP contribution is -2.43. The molecule has 1 N–H and O–H groups in total. The molecule has 1 aliphatic carbocycles. The highest BCUT2D eigenvalue weighted by atomic mass is 35.5. The van der Waals surface area contributed by atoms with Gasteiger partial charge in [-0.05, 0) is 75.1 Å². The van der Waals surface area contributed by atoms with Crippen LogP contribution in [-0.2, 0) is 10.2 Å². The lowest BCUT2D eigenvalue weighted by atomic mass is 9.74. The molecule has 2 aromatic rings. The van der Waals surface area contributed by atoms with Gasteiger partial charge in [-0.1, -0.05) is 54.6 Å². The number of nitrogens with zero attached hydrogens (tertiary/aromatic N) is 2. The van der Waals surface area contributed by atoms with Crippen molar-refractivity contribution < 1.29 is 4.79 Å². The van der Waals surface area contributed by atoms with E-state index in [1.165, 1.54) is 24.0 Å². The summed E-state index contributed by atoms with van der Waals surface area (Å²) in [4.78, 5) is 17.8. The van der Waals surface area contributed by atoms with Crippen LogP contribution in [0.1, 0.15) is 36.8 Å². The molecule has 2 saturated heterocycles. The predicted octanol–water partition coefficient (Wildman–Crippen LogP) is 4.92. The Balaban J connectivity index is 0.00000153. The van der Waals surface area contributed by atoms with Crippen molar-refractivity contribution in [2.24, 2.45) is 5.92 Å². The van der Waals surface area contributed by atoms with E-state index in [0.717, 1.165) is 57.8 Å². The van der Waals surface area contributed by atoms with Crippen LogP contribution in [0.2, 0.25) is 0 Å². The molecular formula is C27H35Cl2N3O. The number of para-hydroxylation sites is 1. The average Bonchev–Trinajstić information content (AvgIpc) is 3.48. The second-order valence-corrected chi connectivity index (χ2v) is 9.29. The van der Waals surface area contributed by atoms with Gasteiger partial charge in [-0.3, -0.25) is 4.79 Å². The molecule has 1 spiro atoms. The highest BCUT2D eigenvalue weighted by molar-refractivity contribution is 5.95. The van der Waals surface area contributed by atoms with Crippen molar-refractivity contribution in [1.82, 2.24) is 10.2 Å². The number of carbonyl (C=O) groups excluding carboxylic acids is 1. The highest BCUT2D eigenvalue weighted by Gasteiger charge is 2.37. The Hall–Kier alpha value is -1.85. The SMILES string of the molecule is Cl.Cl.O=C(C1CCNC1)N(CCCN1CCC2(C=Cc3ccccc32)CC1)c1ccccc1. The third-order valence-corrected chi connectivity index (χ3v) is 7.43. The van der Waals surface area contributed by atoms with Gasteiger partial charge in [0.25, 0.3) is 0 Å². The van der Waals surface area contributed by atoms with E-state index in [9.17, 15) is 4.79 Å². The Labute approximate surface area is 210 Å². The van der Waals surface area contributed by atoms with Crippen LogP contribution in [-0.4, -0.2) is 50.1 Å². The number of anilines is 1. The van der Waals surface area contributed by atoms with Gasteiger partial charge in [0, 0.05) is 24.2 Å². The topological polar surface area (TPSA) is 35.6 Å². The van der Waals surface area contributed by atoms with Crippen LogP contribution in [0.25, 0.3) is 6.08 Å². The highest BCUT2D eigenvalue weighted by Crippen LogP contribution is 2.43. The summed E-state index contributed by atoms with van der Waals surface area (Å²) in [7, 11) is 0. The van der Waals surface area contributed by atoms with Crippen LogP contribution in [0.3, 0.4) is 0 Å². The van der Waals surface area contributed by atoms with E-state index in [4.69, 9.17) is 0 Å². The molecule has 0 radical (unpaired) electrons. The van der Waals surface area contributed by atoms with Gasteiger partial charge >= 0.3 is 0 Å². The van der Waals surface area contributed by atoms with Gasteiger partial charge in [0.2, 0.25) is 5.91 Å². The third-order valence-electron chi connectivity index (χ3n) is 7.43. The van der Waals surface area contributed by atoms with Crippen LogP contribution < -0.4 is 10.2 Å². The van der Waals surface area contributed by atoms with Gasteiger partial charge in [-0.25, -0.2) is 0 Å². The summed E-state index contributed by atoms with van der Waals surface area (Å²) in [5.41, 5.74) is 4.19. The quantitative estimate of drug-likeness (QED) is 0.627. The van der Waals surface area contributed by atoms with Crippen LogP contribution in [0.15, 0.2) is 60.7 Å². The van der Waals surface area contributed by atoms with Gasteiger partial charge in [-0.15, -0.1) is 24.8 Å². The summed E-state index contributed by atoms with van der Waals surface area (Å²) in [5.74, 6) is 0.394. The first-order valence-corrected chi connectivity index (χ1v) is 11.8. The van der Waals surface area contributed by atoms with Crippen molar-refractivity contribution in [3.63, 3.8) is 0 Å². The van der Waals surface area contributed by atoms with Gasteiger partial charge in [0.1, 0.15) is 0 Å². The lowest BCUT2D eigenvalue weighted by Gasteiger charge is -2.39. The first-order valence-electron chi connectivity index (χ1n) is 11.8. The van der Waals surface area contributed by atoms with Gasteiger partial charge in [-0.2, -0.15) is 0 Å². The molecular weight excluding hydrogens is 453 g/mol. The smallest absolute Gasteiger partial charge is 0.231 e. The number of amides is 1. The molecule has 0 bridgehead atoms. The summed E-state index contributed by atoms with van der Waals surface area (Å²) in [5, 5.41) is 3.34. The molecule has 0 aromatic heterocycles. The zero-order chi connectivity index (χ0) is 21.1. The fourth-order valence-electron chi connectivity index (χ4n) is 5.56. The normalized spacial score (nSPS) is 20.7. The molecule has 1 atom stereocenters. The summed E-state index contributed by atoms with van der Waals surface area (Å²) < 4.78 is 0. The maximum absolute atomic E-state index is 13.2. The maximum atomic E-state index is 13.2. The van der Waals surface area contributed by atoms with E-state index in [-0.39, 0.29) is 42.1 Å². The predicted molar refractivity (Wildman–Crippen MR) is 142 cm³/mol. The number of piperidine rings is 1. The molecule has 6 heteroatoms. The molecule has 178 valence electrons. The molecule has 2 aromatic carbocycles. The lowest BCUT2D eigenvalue weighted by molar-refractivity contribution is -0.121. The molecule has 4 nitrogen and oxygen atoms in total. The van der Waals surface area contributed by atoms with Gasteiger partial charge in [0.05, 0.1) is 5.92 Å². The number of rotatable bonds is 6. The number of nitrogens with one attached hydrogen (secondary N) is 1. The molecule has 0 saturated carbocycles. The van der Waals surface area contributed by atoms with E-state index >= 15 is 0 Å². The van der Waals surface area contributed by atoms with Crippen molar-refractivity contribution in [2.45, 2.75) is 31.1 Å². The number of halogens is 2. The largest absolute Gasteiger partial charge is 0.316 e. The molecule has 33 heavy (non-hydrogen) atoms. The minimum atomic E-state index is 0. The molecule has 1 amide bonds. The fraction of sp³-hybridized carbons (Fsp3) is 0.444. The molecule has 3 aliphatic rings. The number of likely N-dealkylation sites (tertiary alicyclic amines) is 1. The van der Waals surface area contributed by atoms with Crippen LogP contribution in [0.5, 0.6) is 0 Å². The number of allylic oxidation sites excluding steroid dienone is 1. The summed E-state index contributed by atoms with van der Waals surface area (Å²) in [6, 6.07) is 19.1. The van der Waals surface area contributed by atoms with E-state index in [1.54, 1.807) is 0 Å². The van der Waals surface area contributed by atoms with Crippen molar-refractivity contribution >= 4 is 42.5 Å². The first kappa shape index (κ1) is 25.8. The summed E-state index contributed by atoms with van der Waals surface area (Å²) in [6.07, 6.45) is 9.10. The van der Waals surface area contributed by atoms with Crippen molar-refractivity contribution in [1.29, 1.82) is 0 Å². The molecule has 1 unspecified atom stereocenters. The Bertz CT molecular complexity index is 935. The van der Waals surface area contributed by atoms with E-state index < -0.39 is 0 Å². The fourth-order valence-corrected chi connectivity index (χ4v) is 5.56. The van der Waals surface area contributed by atoms with E-state index in [0.29, 0.717) is 0 Å². The van der Waals surface area contributed by atoms with Crippen LogP contribution in [0.4, 0.5) is 5.69 Å². The summed E-state index contributed by atoms with van der Waals surface area (Å²) in [6.45, 7) is 5.87. The number of carbonyl (C=O) groups is 1. The monoisotopic (exact) mass is 487 g/mol. The van der Waals surface area contributed by atoms with Crippen molar-refractivity contribution in [3.8, 4) is 0 Å². The second-order valence-electron chi connectivity index (χ2n) is 9.29. The van der Waals surface area contributed by atoms with E-state index in [2.05, 4.69) is 58.8 Å². The van der Waals surface area contributed by atoms with E-state index in [1.807, 2.05) is 23.1 Å². The number of hydrogen-bond acceptors (Lipinski definition) is 3. The van der Waals surface area contributed by atoms with Crippen LogP contribution >= 0.6 is 24.8 Å². The number of fused-ring (bicyclic) bond motifs is 2. The zero-order valence-electron chi connectivity index (χ0n) is 19.1. The molecule has 2 heterocycles. The molecule has 2 aliphatic heterocycles.